The quantitative estimate of drug-likeness (QED) is 0.694. The first kappa shape index (κ1) is 13.4. The number of carbonyl (C=O) groups is 2. The normalized spacial score (nSPS) is 13.7. The van der Waals surface area contributed by atoms with E-state index in [0.29, 0.717) is 22.5 Å². The molecule has 2 amide bonds. The molecule has 4 heteroatoms. The molecule has 0 aromatic heterocycles. The van der Waals surface area contributed by atoms with Crippen LogP contribution in [-0.2, 0) is 6.42 Å². The van der Waals surface area contributed by atoms with Gasteiger partial charge in [-0.3, -0.25) is 9.59 Å². The van der Waals surface area contributed by atoms with Crippen LogP contribution in [-0.4, -0.2) is 11.8 Å². The zero-order valence-electron chi connectivity index (χ0n) is 11.8. The smallest absolute Gasteiger partial charge is 0.268 e. The minimum atomic E-state index is -0.351. The number of rotatable bonds is 3. The molecule has 0 fully saturated rings. The summed E-state index contributed by atoms with van der Waals surface area (Å²) in [6.07, 6.45) is 2.04. The summed E-state index contributed by atoms with van der Waals surface area (Å²) in [4.78, 5) is 26.1. The van der Waals surface area contributed by atoms with Gasteiger partial charge in [0, 0.05) is 5.69 Å². The van der Waals surface area contributed by atoms with Gasteiger partial charge in [0.1, 0.15) is 0 Å². The molecule has 0 radical (unpaired) electrons. The first-order valence-corrected chi connectivity index (χ1v) is 6.99. The Labute approximate surface area is 123 Å². The summed E-state index contributed by atoms with van der Waals surface area (Å²) in [5.41, 5.74) is 8.63. The maximum absolute atomic E-state index is 12.5. The SMILES string of the molecule is CCCc1ccc(N2C(=O)c3cccc(N)c3C2=O)cc1. The van der Waals surface area contributed by atoms with Crippen LogP contribution >= 0.6 is 0 Å². The first-order chi connectivity index (χ1) is 10.1. The molecule has 3 rings (SSSR count). The lowest BCUT2D eigenvalue weighted by Gasteiger charge is -2.14. The van der Waals surface area contributed by atoms with Gasteiger partial charge in [-0.05, 0) is 36.2 Å². The molecular weight excluding hydrogens is 264 g/mol. The molecule has 2 aromatic rings. The highest BCUT2D eigenvalue weighted by Crippen LogP contribution is 2.31. The lowest BCUT2D eigenvalue weighted by Crippen LogP contribution is -2.29. The highest BCUT2D eigenvalue weighted by molar-refractivity contribution is 6.35. The minimum Gasteiger partial charge on any atom is -0.398 e. The average molecular weight is 280 g/mol. The number of carbonyl (C=O) groups excluding carboxylic acids is 2. The molecule has 1 heterocycles. The molecule has 2 aromatic carbocycles. The zero-order chi connectivity index (χ0) is 15.0. The third-order valence-electron chi connectivity index (χ3n) is 3.68. The van der Waals surface area contributed by atoms with E-state index in [9.17, 15) is 9.59 Å². The Hall–Kier alpha value is -2.62. The van der Waals surface area contributed by atoms with Crippen LogP contribution in [0.25, 0.3) is 0 Å². The van der Waals surface area contributed by atoms with Crippen molar-refractivity contribution in [3.8, 4) is 0 Å². The number of benzene rings is 2. The summed E-state index contributed by atoms with van der Waals surface area (Å²) < 4.78 is 0. The standard InChI is InChI=1S/C17H16N2O2/c1-2-4-11-7-9-12(10-8-11)19-16(20)13-5-3-6-14(18)15(13)17(19)21/h3,5-10H,2,4,18H2,1H3. The van der Waals surface area contributed by atoms with Gasteiger partial charge in [0.15, 0.2) is 0 Å². The molecule has 1 aliphatic rings. The highest BCUT2D eigenvalue weighted by atomic mass is 16.2. The van der Waals surface area contributed by atoms with Gasteiger partial charge in [0.05, 0.1) is 16.8 Å². The van der Waals surface area contributed by atoms with E-state index in [1.807, 2.05) is 24.3 Å². The van der Waals surface area contributed by atoms with Gasteiger partial charge in [0.2, 0.25) is 0 Å². The Morgan fingerprint density at radius 2 is 1.71 bits per heavy atom. The number of anilines is 2. The van der Waals surface area contributed by atoms with E-state index in [0.717, 1.165) is 12.8 Å². The molecule has 2 N–H and O–H groups in total. The first-order valence-electron chi connectivity index (χ1n) is 6.99. The molecule has 0 aliphatic carbocycles. The minimum absolute atomic E-state index is 0.306. The van der Waals surface area contributed by atoms with E-state index in [2.05, 4.69) is 6.92 Å². The van der Waals surface area contributed by atoms with Crippen LogP contribution in [0.15, 0.2) is 42.5 Å². The maximum atomic E-state index is 12.5. The summed E-state index contributed by atoms with van der Waals surface area (Å²) in [7, 11) is 0. The summed E-state index contributed by atoms with van der Waals surface area (Å²) >= 11 is 0. The lowest BCUT2D eigenvalue weighted by atomic mass is 10.1. The number of nitrogens with zero attached hydrogens (tertiary/aromatic N) is 1. The fourth-order valence-corrected chi connectivity index (χ4v) is 2.65. The largest absolute Gasteiger partial charge is 0.398 e. The molecule has 106 valence electrons. The Morgan fingerprint density at radius 1 is 1.00 bits per heavy atom. The van der Waals surface area contributed by atoms with Crippen LogP contribution in [0, 0.1) is 0 Å². The molecule has 0 saturated heterocycles. The number of fused-ring (bicyclic) bond motifs is 1. The summed E-state index contributed by atoms with van der Waals surface area (Å²) in [5, 5.41) is 0. The Bertz CT molecular complexity index is 720. The molecule has 0 spiro atoms. The van der Waals surface area contributed by atoms with Crippen LogP contribution in [0.5, 0.6) is 0 Å². The van der Waals surface area contributed by atoms with Crippen molar-refractivity contribution >= 4 is 23.2 Å². The van der Waals surface area contributed by atoms with E-state index in [-0.39, 0.29) is 11.8 Å². The number of hydrogen-bond donors (Lipinski definition) is 1. The molecule has 0 unspecified atom stereocenters. The molecule has 1 aliphatic heterocycles. The number of imide groups is 1. The van der Waals surface area contributed by atoms with Crippen LogP contribution in [0.2, 0.25) is 0 Å². The average Bonchev–Trinajstić information content (AvgIpc) is 2.74. The van der Waals surface area contributed by atoms with E-state index < -0.39 is 0 Å². The predicted molar refractivity (Wildman–Crippen MR) is 82.4 cm³/mol. The molecular formula is C17H16N2O2. The third-order valence-corrected chi connectivity index (χ3v) is 3.68. The van der Waals surface area contributed by atoms with Crippen molar-refractivity contribution in [3.05, 3.63) is 59.2 Å². The Balaban J connectivity index is 2.00. The van der Waals surface area contributed by atoms with Gasteiger partial charge in [-0.2, -0.15) is 0 Å². The second kappa shape index (κ2) is 5.05. The van der Waals surface area contributed by atoms with Crippen molar-refractivity contribution in [2.24, 2.45) is 0 Å². The molecule has 0 bridgehead atoms. The second-order valence-electron chi connectivity index (χ2n) is 5.13. The van der Waals surface area contributed by atoms with Crippen molar-refractivity contribution in [2.75, 3.05) is 10.6 Å². The number of amides is 2. The molecule has 4 nitrogen and oxygen atoms in total. The summed E-state index contributed by atoms with van der Waals surface area (Å²) in [6, 6.07) is 12.5. The van der Waals surface area contributed by atoms with Gasteiger partial charge >= 0.3 is 0 Å². The van der Waals surface area contributed by atoms with Crippen LogP contribution in [0.1, 0.15) is 39.6 Å². The van der Waals surface area contributed by atoms with Crippen molar-refractivity contribution in [2.45, 2.75) is 19.8 Å². The Morgan fingerprint density at radius 3 is 2.33 bits per heavy atom. The third kappa shape index (κ3) is 2.09. The topological polar surface area (TPSA) is 63.4 Å². The monoisotopic (exact) mass is 280 g/mol. The summed E-state index contributed by atoms with van der Waals surface area (Å²) in [5.74, 6) is -0.665. The summed E-state index contributed by atoms with van der Waals surface area (Å²) in [6.45, 7) is 2.11. The molecule has 0 atom stereocenters. The Kier molecular flexibility index (Phi) is 3.22. The maximum Gasteiger partial charge on any atom is 0.268 e. The highest BCUT2D eigenvalue weighted by Gasteiger charge is 2.37. The molecule has 21 heavy (non-hydrogen) atoms. The van der Waals surface area contributed by atoms with Crippen molar-refractivity contribution in [1.82, 2.24) is 0 Å². The van der Waals surface area contributed by atoms with Crippen LogP contribution in [0.4, 0.5) is 11.4 Å². The van der Waals surface area contributed by atoms with Gasteiger partial charge in [-0.25, -0.2) is 4.90 Å². The van der Waals surface area contributed by atoms with Crippen LogP contribution < -0.4 is 10.6 Å². The lowest BCUT2D eigenvalue weighted by molar-refractivity contribution is 0.0926. The van der Waals surface area contributed by atoms with Gasteiger partial charge in [-0.1, -0.05) is 31.5 Å². The zero-order valence-corrected chi connectivity index (χ0v) is 11.8. The number of hydrogen-bond acceptors (Lipinski definition) is 3. The predicted octanol–water partition coefficient (Wildman–Crippen LogP) is 3.02. The van der Waals surface area contributed by atoms with Gasteiger partial charge < -0.3 is 5.73 Å². The molecule has 0 saturated carbocycles. The van der Waals surface area contributed by atoms with E-state index in [4.69, 9.17) is 5.73 Å². The van der Waals surface area contributed by atoms with E-state index in [1.54, 1.807) is 18.2 Å². The van der Waals surface area contributed by atoms with Crippen molar-refractivity contribution < 1.29 is 9.59 Å². The fourth-order valence-electron chi connectivity index (χ4n) is 2.65. The number of nitrogens with two attached hydrogens (primary N) is 1. The van der Waals surface area contributed by atoms with Crippen molar-refractivity contribution in [1.29, 1.82) is 0 Å². The van der Waals surface area contributed by atoms with E-state index >= 15 is 0 Å². The second-order valence-corrected chi connectivity index (χ2v) is 5.13. The number of aryl methyl sites for hydroxylation is 1. The fraction of sp³-hybridized carbons (Fsp3) is 0.176. The van der Waals surface area contributed by atoms with Gasteiger partial charge in [0.25, 0.3) is 11.8 Å². The van der Waals surface area contributed by atoms with Gasteiger partial charge in [-0.15, -0.1) is 0 Å². The van der Waals surface area contributed by atoms with Crippen molar-refractivity contribution in [3.63, 3.8) is 0 Å². The van der Waals surface area contributed by atoms with Crippen LogP contribution in [0.3, 0.4) is 0 Å². The van der Waals surface area contributed by atoms with E-state index in [1.165, 1.54) is 10.5 Å². The number of nitrogen functional groups attached to an aromatic ring is 1.